The van der Waals surface area contributed by atoms with Gasteiger partial charge in [0.25, 0.3) is 0 Å². The van der Waals surface area contributed by atoms with E-state index in [1.54, 1.807) is 0 Å². The average molecular weight is 196 g/mol. The van der Waals surface area contributed by atoms with Crippen molar-refractivity contribution >= 4 is 0 Å². The lowest BCUT2D eigenvalue weighted by molar-refractivity contribution is -0.912. The lowest BCUT2D eigenvalue weighted by Gasteiger charge is -2.20. The Morgan fingerprint density at radius 1 is 1.29 bits per heavy atom. The highest BCUT2D eigenvalue weighted by molar-refractivity contribution is 4.62. The Morgan fingerprint density at radius 3 is 2.57 bits per heavy atom. The molecular formula is C12H24N2. The van der Waals surface area contributed by atoms with Gasteiger partial charge in [-0.15, -0.1) is 0 Å². The molecule has 1 aliphatic heterocycles. The van der Waals surface area contributed by atoms with Crippen molar-refractivity contribution in [1.29, 1.82) is 5.26 Å². The second kappa shape index (κ2) is 9.02. The molecule has 1 heterocycles. The summed E-state index contributed by atoms with van der Waals surface area (Å²) in [6.45, 7) is 12.2. The van der Waals surface area contributed by atoms with E-state index in [9.17, 15) is 0 Å². The Balaban J connectivity index is 0.000000791. The van der Waals surface area contributed by atoms with Gasteiger partial charge in [-0.3, -0.25) is 0 Å². The first-order chi connectivity index (χ1) is 6.88. The summed E-state index contributed by atoms with van der Waals surface area (Å²) in [5.41, 5.74) is 0. The normalized spacial score (nSPS) is 25.4. The number of hydrogen-bond donors (Lipinski definition) is 1. The van der Waals surface area contributed by atoms with Crippen LogP contribution >= 0.6 is 0 Å². The molecule has 0 bridgehead atoms. The van der Waals surface area contributed by atoms with Gasteiger partial charge in [-0.25, -0.2) is 0 Å². The van der Waals surface area contributed by atoms with Crippen LogP contribution in [0, 0.1) is 11.8 Å². The predicted octanol–water partition coefficient (Wildman–Crippen LogP) is 1.73. The summed E-state index contributed by atoms with van der Waals surface area (Å²) in [5.74, 6) is 0. The second-order valence-corrected chi connectivity index (χ2v) is 4.14. The molecule has 2 heteroatoms. The molecule has 0 aromatic carbocycles. The van der Waals surface area contributed by atoms with Crippen LogP contribution in [-0.2, 0) is 0 Å². The molecule has 14 heavy (non-hydrogen) atoms. The molecule has 1 fully saturated rings. The van der Waals surface area contributed by atoms with Gasteiger partial charge in [-0.1, -0.05) is 20.3 Å². The number of nitrogens with zero attached hydrogens (tertiary/aromatic N) is 1. The second-order valence-electron chi connectivity index (χ2n) is 4.14. The third kappa shape index (κ3) is 4.62. The zero-order valence-electron chi connectivity index (χ0n) is 9.68. The van der Waals surface area contributed by atoms with E-state index in [1.165, 1.54) is 51.6 Å². The number of nitrogens with one attached hydrogen (secondary N) is 1. The first-order valence-corrected chi connectivity index (χ1v) is 5.95. The molecule has 0 aromatic rings. The van der Waals surface area contributed by atoms with Crippen molar-refractivity contribution in [2.45, 2.75) is 58.4 Å². The van der Waals surface area contributed by atoms with Crippen molar-refractivity contribution in [2.75, 3.05) is 13.1 Å². The summed E-state index contributed by atoms with van der Waals surface area (Å²) < 4.78 is 0. The van der Waals surface area contributed by atoms with E-state index in [1.807, 2.05) is 4.90 Å². The fourth-order valence-corrected chi connectivity index (χ4v) is 2.43. The molecular weight excluding hydrogens is 172 g/mol. The molecule has 1 aliphatic rings. The van der Waals surface area contributed by atoms with E-state index >= 15 is 0 Å². The van der Waals surface area contributed by atoms with Crippen molar-refractivity contribution in [3.63, 3.8) is 0 Å². The quantitative estimate of drug-likeness (QED) is 0.666. The largest absolute Gasteiger partial charge is 0.512 e. The average Bonchev–Trinajstić information content (AvgIpc) is 2.66. The third-order valence-corrected chi connectivity index (χ3v) is 3.11. The Hall–Kier alpha value is -0.550. The van der Waals surface area contributed by atoms with Crippen LogP contribution in [-0.4, -0.2) is 19.1 Å². The van der Waals surface area contributed by atoms with Gasteiger partial charge in [0.2, 0.25) is 0 Å². The van der Waals surface area contributed by atoms with E-state index < -0.39 is 0 Å². The topological polar surface area (TPSA) is 28.2 Å². The van der Waals surface area contributed by atoms with Crippen LogP contribution in [0.5, 0.6) is 0 Å². The lowest BCUT2D eigenvalue weighted by atomic mass is 10.1. The van der Waals surface area contributed by atoms with Crippen molar-refractivity contribution in [1.82, 2.24) is 0 Å². The molecule has 2 nitrogen and oxygen atoms in total. The highest BCUT2D eigenvalue weighted by atomic mass is 15.2. The fourth-order valence-electron chi connectivity index (χ4n) is 2.43. The molecule has 82 valence electrons. The number of quaternary nitrogens is 1. The Bertz CT molecular complexity index is 143. The number of likely N-dealkylation sites (tertiary alicyclic amines) is 1. The van der Waals surface area contributed by atoms with Gasteiger partial charge in [-0.2, -0.15) is 0 Å². The predicted molar refractivity (Wildman–Crippen MR) is 58.5 cm³/mol. The van der Waals surface area contributed by atoms with Crippen LogP contribution in [0.15, 0.2) is 0 Å². The van der Waals surface area contributed by atoms with Gasteiger partial charge in [0.15, 0.2) is 0 Å². The summed E-state index contributed by atoms with van der Waals surface area (Å²) >= 11 is 0. The third-order valence-electron chi connectivity index (χ3n) is 3.11. The van der Waals surface area contributed by atoms with Crippen LogP contribution in [0.1, 0.15) is 52.4 Å². The molecule has 2 atom stereocenters. The van der Waals surface area contributed by atoms with Crippen LogP contribution in [0.3, 0.4) is 0 Å². The minimum absolute atomic E-state index is 1.02. The van der Waals surface area contributed by atoms with Crippen molar-refractivity contribution in [3.8, 4) is 0 Å². The van der Waals surface area contributed by atoms with Gasteiger partial charge in [0.05, 0.1) is 19.1 Å². The Morgan fingerprint density at radius 2 is 2.00 bits per heavy atom. The first-order valence-electron chi connectivity index (χ1n) is 5.95. The SMILES string of the molecule is CCCCC1CCC[NH+]1CCC.[C-]#N. The van der Waals surface area contributed by atoms with Crippen molar-refractivity contribution < 1.29 is 4.90 Å². The highest BCUT2D eigenvalue weighted by Crippen LogP contribution is 2.07. The summed E-state index contributed by atoms with van der Waals surface area (Å²) in [7, 11) is 0. The zero-order valence-corrected chi connectivity index (χ0v) is 9.68. The minimum atomic E-state index is 1.02. The summed E-state index contributed by atoms with van der Waals surface area (Å²) in [6.07, 6.45) is 8.62. The van der Waals surface area contributed by atoms with E-state index in [2.05, 4.69) is 13.8 Å². The van der Waals surface area contributed by atoms with Gasteiger partial charge in [-0.05, 0) is 19.3 Å². The molecule has 0 spiro atoms. The van der Waals surface area contributed by atoms with Crippen LogP contribution in [0.4, 0.5) is 0 Å². The maximum absolute atomic E-state index is 6.25. The number of hydrogen-bond acceptors (Lipinski definition) is 1. The maximum Gasteiger partial charge on any atom is 0.0876 e. The van der Waals surface area contributed by atoms with Crippen LogP contribution < -0.4 is 4.90 Å². The van der Waals surface area contributed by atoms with Gasteiger partial charge in [0, 0.05) is 12.8 Å². The molecule has 0 saturated carbocycles. The fraction of sp³-hybridized carbons (Fsp3) is 0.917. The number of unbranched alkanes of at least 4 members (excludes halogenated alkanes) is 1. The molecule has 0 aromatic heterocycles. The molecule has 0 radical (unpaired) electrons. The van der Waals surface area contributed by atoms with Crippen molar-refractivity contribution in [2.24, 2.45) is 0 Å². The van der Waals surface area contributed by atoms with Crippen LogP contribution in [0.2, 0.25) is 0 Å². The molecule has 0 aliphatic carbocycles. The van der Waals surface area contributed by atoms with Crippen LogP contribution in [0.25, 0.3) is 0 Å². The monoisotopic (exact) mass is 196 g/mol. The van der Waals surface area contributed by atoms with Gasteiger partial charge in [0.1, 0.15) is 0 Å². The lowest BCUT2D eigenvalue weighted by Crippen LogP contribution is -3.13. The highest BCUT2D eigenvalue weighted by Gasteiger charge is 2.26. The Kier molecular flexibility index (Phi) is 8.67. The van der Waals surface area contributed by atoms with E-state index in [4.69, 9.17) is 11.8 Å². The first kappa shape index (κ1) is 13.4. The molecule has 1 N–H and O–H groups in total. The zero-order chi connectivity index (χ0) is 10.8. The number of rotatable bonds is 5. The maximum atomic E-state index is 6.25. The standard InChI is InChI=1S/C11H23N.CN/c1-3-5-7-11-8-6-10-12(11)9-4-2;1-2/h11H,3-10H2,1-2H3;/q;-1/p+1. The van der Waals surface area contributed by atoms with E-state index in [-0.39, 0.29) is 0 Å². The molecule has 1 saturated heterocycles. The van der Waals surface area contributed by atoms with E-state index in [0.29, 0.717) is 0 Å². The molecule has 2 unspecified atom stereocenters. The summed E-state index contributed by atoms with van der Waals surface area (Å²) in [4.78, 5) is 1.89. The van der Waals surface area contributed by atoms with Gasteiger partial charge >= 0.3 is 0 Å². The minimum Gasteiger partial charge on any atom is -0.512 e. The van der Waals surface area contributed by atoms with Gasteiger partial charge < -0.3 is 16.7 Å². The summed E-state index contributed by atoms with van der Waals surface area (Å²) in [6, 6.07) is 1.02. The van der Waals surface area contributed by atoms with Crippen molar-refractivity contribution in [3.05, 3.63) is 6.57 Å². The Labute approximate surface area is 88.9 Å². The molecule has 0 amide bonds. The molecule has 1 rings (SSSR count). The smallest absolute Gasteiger partial charge is 0.0876 e. The van der Waals surface area contributed by atoms with E-state index in [0.717, 1.165) is 6.04 Å². The summed E-state index contributed by atoms with van der Waals surface area (Å²) in [5, 5.41) is 6.25.